The molecule has 7 heteroatoms. The van der Waals surface area contributed by atoms with Gasteiger partial charge in [-0.05, 0) is 18.9 Å². The van der Waals surface area contributed by atoms with Gasteiger partial charge < -0.3 is 10.6 Å². The zero-order valence-electron chi connectivity index (χ0n) is 10.2. The Kier molecular flexibility index (Phi) is 2.97. The van der Waals surface area contributed by atoms with E-state index in [-0.39, 0.29) is 0 Å². The molecule has 2 aromatic heterocycles. The average molecular weight is 247 g/mol. The zero-order valence-corrected chi connectivity index (χ0v) is 10.2. The van der Waals surface area contributed by atoms with Gasteiger partial charge in [0.25, 0.3) is 0 Å². The van der Waals surface area contributed by atoms with Crippen molar-refractivity contribution in [1.82, 2.24) is 25.0 Å². The van der Waals surface area contributed by atoms with Gasteiger partial charge in [-0.2, -0.15) is 10.1 Å². The maximum Gasteiger partial charge on any atom is 0.244 e. The number of piperidine rings is 1. The quantitative estimate of drug-likeness (QED) is 0.795. The Balaban J connectivity index is 1.66. The predicted octanol–water partition coefficient (Wildman–Crippen LogP) is -0.0230. The van der Waals surface area contributed by atoms with E-state index in [2.05, 4.69) is 25.2 Å². The van der Waals surface area contributed by atoms with Crippen LogP contribution in [0.1, 0.15) is 18.7 Å². The lowest BCUT2D eigenvalue weighted by molar-refractivity contribution is 0.496. The Morgan fingerprint density at radius 1 is 1.39 bits per heavy atom. The van der Waals surface area contributed by atoms with Gasteiger partial charge in [0.15, 0.2) is 0 Å². The van der Waals surface area contributed by atoms with Crippen LogP contribution in [0.25, 0.3) is 0 Å². The summed E-state index contributed by atoms with van der Waals surface area (Å²) >= 11 is 0. The van der Waals surface area contributed by atoms with Crippen molar-refractivity contribution in [2.24, 2.45) is 5.73 Å². The monoisotopic (exact) mass is 247 g/mol. The summed E-state index contributed by atoms with van der Waals surface area (Å²) in [6, 6.07) is 2.22. The normalized spacial score (nSPS) is 17.3. The van der Waals surface area contributed by atoms with E-state index in [0.717, 1.165) is 37.7 Å². The smallest absolute Gasteiger partial charge is 0.244 e. The molecule has 3 N–H and O–H groups in total. The summed E-state index contributed by atoms with van der Waals surface area (Å²) in [7, 11) is 0. The third-order valence-corrected chi connectivity index (χ3v) is 3.21. The minimum Gasteiger partial charge on any atom is -0.339 e. The van der Waals surface area contributed by atoms with Crippen LogP contribution in [0.2, 0.25) is 0 Å². The van der Waals surface area contributed by atoms with Gasteiger partial charge in [-0.15, -0.1) is 5.10 Å². The van der Waals surface area contributed by atoms with E-state index in [9.17, 15) is 0 Å². The van der Waals surface area contributed by atoms with Gasteiger partial charge in [0.2, 0.25) is 5.95 Å². The molecule has 3 rings (SSSR count). The van der Waals surface area contributed by atoms with E-state index in [1.807, 2.05) is 16.9 Å². The highest BCUT2D eigenvalue weighted by Crippen LogP contribution is 2.14. The molecule has 0 amide bonds. The number of nitrogens with zero attached hydrogens (tertiary/aromatic N) is 5. The summed E-state index contributed by atoms with van der Waals surface area (Å²) in [6.45, 7) is 2.48. The minimum atomic E-state index is 0.323. The lowest BCUT2D eigenvalue weighted by Gasteiger charge is -2.28. The van der Waals surface area contributed by atoms with Crippen LogP contribution < -0.4 is 10.6 Å². The molecule has 0 spiro atoms. The summed E-state index contributed by atoms with van der Waals surface area (Å²) in [5, 5.41) is 11.4. The Labute approximate surface area is 105 Å². The highest BCUT2D eigenvalue weighted by atomic mass is 15.4. The molecular weight excluding hydrogens is 230 g/mol. The first-order valence-corrected chi connectivity index (χ1v) is 6.20. The first-order chi connectivity index (χ1) is 8.81. The van der Waals surface area contributed by atoms with E-state index in [0.29, 0.717) is 12.6 Å². The van der Waals surface area contributed by atoms with Crippen LogP contribution in [0.3, 0.4) is 0 Å². The number of H-pyrrole nitrogens is 1. The van der Waals surface area contributed by atoms with Crippen LogP contribution in [-0.2, 0) is 6.54 Å². The van der Waals surface area contributed by atoms with Crippen LogP contribution in [0.4, 0.5) is 5.95 Å². The van der Waals surface area contributed by atoms with Crippen molar-refractivity contribution in [2.75, 3.05) is 18.0 Å². The number of rotatable bonds is 3. The average Bonchev–Trinajstić information content (AvgIpc) is 3.02. The molecule has 0 aromatic carbocycles. The van der Waals surface area contributed by atoms with Crippen LogP contribution in [0.5, 0.6) is 0 Å². The van der Waals surface area contributed by atoms with Crippen molar-refractivity contribution in [3.8, 4) is 0 Å². The lowest BCUT2D eigenvalue weighted by atomic mass is 10.1. The van der Waals surface area contributed by atoms with Crippen LogP contribution in [-0.4, -0.2) is 44.1 Å². The van der Waals surface area contributed by atoms with Gasteiger partial charge >= 0.3 is 0 Å². The first-order valence-electron chi connectivity index (χ1n) is 6.20. The molecule has 1 aliphatic heterocycles. The summed E-state index contributed by atoms with van der Waals surface area (Å²) in [6.07, 6.45) is 5.66. The molecule has 0 unspecified atom stereocenters. The summed E-state index contributed by atoms with van der Waals surface area (Å²) < 4.78 is 1.82. The molecule has 0 radical (unpaired) electrons. The summed E-state index contributed by atoms with van der Waals surface area (Å²) in [5.41, 5.74) is 5.88. The van der Waals surface area contributed by atoms with E-state index in [1.54, 1.807) is 6.20 Å². The number of anilines is 1. The highest BCUT2D eigenvalue weighted by Gasteiger charge is 2.19. The Hall–Kier alpha value is -1.89. The van der Waals surface area contributed by atoms with E-state index in [4.69, 9.17) is 5.73 Å². The maximum atomic E-state index is 5.88. The third-order valence-electron chi connectivity index (χ3n) is 3.21. The molecule has 2 aromatic rings. The largest absolute Gasteiger partial charge is 0.339 e. The topological polar surface area (TPSA) is 88.6 Å². The Morgan fingerprint density at radius 3 is 2.94 bits per heavy atom. The maximum absolute atomic E-state index is 5.88. The SMILES string of the molecule is NC1CCN(c2n[nH]c(Cn3cccn3)n2)CC1. The third kappa shape index (κ3) is 2.35. The van der Waals surface area contributed by atoms with Crippen molar-refractivity contribution in [3.05, 3.63) is 24.3 Å². The van der Waals surface area contributed by atoms with Gasteiger partial charge in [-0.25, -0.2) is 0 Å². The molecule has 7 nitrogen and oxygen atoms in total. The number of aromatic amines is 1. The van der Waals surface area contributed by atoms with Crippen molar-refractivity contribution < 1.29 is 0 Å². The summed E-state index contributed by atoms with van der Waals surface area (Å²) in [4.78, 5) is 6.66. The minimum absolute atomic E-state index is 0.323. The molecule has 0 bridgehead atoms. The molecule has 1 fully saturated rings. The lowest BCUT2D eigenvalue weighted by Crippen LogP contribution is -2.40. The van der Waals surface area contributed by atoms with E-state index < -0.39 is 0 Å². The first kappa shape index (κ1) is 11.2. The second-order valence-corrected chi connectivity index (χ2v) is 4.61. The second kappa shape index (κ2) is 4.77. The van der Waals surface area contributed by atoms with Gasteiger partial charge in [0.05, 0.1) is 0 Å². The van der Waals surface area contributed by atoms with Crippen LogP contribution in [0, 0.1) is 0 Å². The van der Waals surface area contributed by atoms with Crippen molar-refractivity contribution in [1.29, 1.82) is 0 Å². The van der Waals surface area contributed by atoms with Crippen molar-refractivity contribution in [2.45, 2.75) is 25.4 Å². The number of aromatic nitrogens is 5. The number of hydrogen-bond donors (Lipinski definition) is 2. The molecular formula is C11H17N7. The standard InChI is InChI=1S/C11H17N7/c12-9-2-6-17(7-3-9)11-14-10(15-16-11)8-18-5-1-4-13-18/h1,4-5,9H,2-3,6-8,12H2,(H,14,15,16). The fraction of sp³-hybridized carbons (Fsp3) is 0.545. The molecule has 1 aliphatic rings. The Bertz CT molecular complexity index is 481. The number of nitrogens with two attached hydrogens (primary N) is 1. The van der Waals surface area contributed by atoms with E-state index >= 15 is 0 Å². The fourth-order valence-electron chi connectivity index (χ4n) is 2.14. The van der Waals surface area contributed by atoms with Crippen LogP contribution >= 0.6 is 0 Å². The molecule has 18 heavy (non-hydrogen) atoms. The molecule has 0 atom stereocenters. The van der Waals surface area contributed by atoms with Crippen molar-refractivity contribution >= 4 is 5.95 Å². The van der Waals surface area contributed by atoms with Gasteiger partial charge in [-0.1, -0.05) is 0 Å². The van der Waals surface area contributed by atoms with Gasteiger partial charge in [-0.3, -0.25) is 9.78 Å². The molecule has 0 aliphatic carbocycles. The van der Waals surface area contributed by atoms with E-state index in [1.165, 1.54) is 0 Å². The number of nitrogens with one attached hydrogen (secondary N) is 1. The molecule has 0 saturated carbocycles. The fourth-order valence-corrected chi connectivity index (χ4v) is 2.14. The van der Waals surface area contributed by atoms with Gasteiger partial charge in [0.1, 0.15) is 12.4 Å². The highest BCUT2D eigenvalue weighted by molar-refractivity contribution is 5.29. The predicted molar refractivity (Wildman–Crippen MR) is 67.1 cm³/mol. The van der Waals surface area contributed by atoms with Gasteiger partial charge in [0, 0.05) is 31.5 Å². The summed E-state index contributed by atoms with van der Waals surface area (Å²) in [5.74, 6) is 1.59. The molecule has 3 heterocycles. The molecule has 1 saturated heterocycles. The molecule has 96 valence electrons. The second-order valence-electron chi connectivity index (χ2n) is 4.61. The zero-order chi connectivity index (χ0) is 12.4. The van der Waals surface area contributed by atoms with Crippen LogP contribution in [0.15, 0.2) is 18.5 Å². The number of hydrogen-bond acceptors (Lipinski definition) is 5. The van der Waals surface area contributed by atoms with Crippen molar-refractivity contribution in [3.63, 3.8) is 0 Å². The Morgan fingerprint density at radius 2 is 2.22 bits per heavy atom.